The Hall–Kier alpha value is -2.37. The summed E-state index contributed by atoms with van der Waals surface area (Å²) in [5, 5.41) is 5.61. The minimum atomic E-state index is -0.333. The van der Waals surface area contributed by atoms with Crippen molar-refractivity contribution in [2.75, 3.05) is 19.6 Å². The van der Waals surface area contributed by atoms with Crippen LogP contribution in [0.15, 0.2) is 30.3 Å². The molecule has 0 aliphatic carbocycles. The Morgan fingerprint density at radius 2 is 1.77 bits per heavy atom. The van der Waals surface area contributed by atoms with Crippen LogP contribution >= 0.6 is 0 Å². The van der Waals surface area contributed by atoms with Gasteiger partial charge in [-0.25, -0.2) is 0 Å². The van der Waals surface area contributed by atoms with Gasteiger partial charge in [-0.15, -0.1) is 0 Å². The van der Waals surface area contributed by atoms with E-state index in [4.69, 9.17) is 0 Å². The van der Waals surface area contributed by atoms with Crippen LogP contribution in [0.1, 0.15) is 45.2 Å². The van der Waals surface area contributed by atoms with Crippen molar-refractivity contribution in [3.05, 3.63) is 35.9 Å². The molecule has 2 atom stereocenters. The molecule has 3 amide bonds. The van der Waals surface area contributed by atoms with Gasteiger partial charge < -0.3 is 15.5 Å². The molecule has 2 N–H and O–H groups in total. The number of hydrogen-bond acceptors (Lipinski definition) is 3. The highest BCUT2D eigenvalue weighted by Crippen LogP contribution is 2.28. The number of carbonyl (C=O) groups excluding carboxylic acids is 3. The van der Waals surface area contributed by atoms with E-state index < -0.39 is 0 Å². The standard InChI is InChI=1S/C20H29N3O3/c1-14(2)11-18(24)21-9-10-22-20(26)17-12-19(25)23(13-17)15(3)16-7-5-4-6-8-16/h4-8,14-15,17H,9-13H2,1-3H3,(H,21,24)(H,22,26). The van der Waals surface area contributed by atoms with Crippen molar-refractivity contribution in [2.24, 2.45) is 11.8 Å². The average molecular weight is 359 g/mol. The fraction of sp³-hybridized carbons (Fsp3) is 0.550. The zero-order valence-corrected chi connectivity index (χ0v) is 15.8. The highest BCUT2D eigenvalue weighted by molar-refractivity contribution is 5.89. The number of hydrogen-bond donors (Lipinski definition) is 2. The van der Waals surface area contributed by atoms with Crippen LogP contribution in [0.4, 0.5) is 0 Å². The summed E-state index contributed by atoms with van der Waals surface area (Å²) in [6.07, 6.45) is 0.722. The van der Waals surface area contributed by atoms with Crippen molar-refractivity contribution in [1.82, 2.24) is 15.5 Å². The van der Waals surface area contributed by atoms with Crippen LogP contribution in [0.5, 0.6) is 0 Å². The SMILES string of the molecule is CC(C)CC(=O)NCCNC(=O)C1CC(=O)N(C(C)c2ccccc2)C1. The topological polar surface area (TPSA) is 78.5 Å². The lowest BCUT2D eigenvalue weighted by Crippen LogP contribution is -2.38. The summed E-state index contributed by atoms with van der Waals surface area (Å²) in [5.74, 6) is -0.147. The van der Waals surface area contributed by atoms with Crippen LogP contribution in [0.2, 0.25) is 0 Å². The van der Waals surface area contributed by atoms with E-state index in [1.54, 1.807) is 4.90 Å². The third-order valence-electron chi connectivity index (χ3n) is 4.62. The highest BCUT2D eigenvalue weighted by Gasteiger charge is 2.36. The molecule has 1 aliphatic heterocycles. The maximum Gasteiger partial charge on any atom is 0.225 e. The molecule has 1 aliphatic rings. The van der Waals surface area contributed by atoms with Crippen LogP contribution in [0.3, 0.4) is 0 Å². The summed E-state index contributed by atoms with van der Waals surface area (Å²) >= 11 is 0. The van der Waals surface area contributed by atoms with Gasteiger partial charge in [0.15, 0.2) is 0 Å². The molecular weight excluding hydrogens is 330 g/mol. The summed E-state index contributed by atoms with van der Waals surface area (Å²) in [4.78, 5) is 38.0. The molecule has 0 bridgehead atoms. The molecule has 142 valence electrons. The largest absolute Gasteiger partial charge is 0.354 e. The van der Waals surface area contributed by atoms with E-state index in [2.05, 4.69) is 10.6 Å². The zero-order valence-electron chi connectivity index (χ0n) is 15.8. The number of amides is 3. The first-order chi connectivity index (χ1) is 12.4. The average Bonchev–Trinajstić information content (AvgIpc) is 3.00. The first-order valence-corrected chi connectivity index (χ1v) is 9.27. The molecule has 1 aromatic carbocycles. The Balaban J connectivity index is 1.77. The maximum absolute atomic E-state index is 12.3. The lowest BCUT2D eigenvalue weighted by Gasteiger charge is -2.25. The Labute approximate surface area is 155 Å². The molecular formula is C20H29N3O3. The third-order valence-corrected chi connectivity index (χ3v) is 4.62. The number of likely N-dealkylation sites (tertiary alicyclic amines) is 1. The number of benzene rings is 1. The van der Waals surface area contributed by atoms with E-state index in [1.165, 1.54) is 0 Å². The summed E-state index contributed by atoms with van der Waals surface area (Å²) in [6.45, 7) is 7.17. The van der Waals surface area contributed by atoms with Crippen molar-refractivity contribution in [3.8, 4) is 0 Å². The fourth-order valence-corrected chi connectivity index (χ4v) is 3.17. The number of rotatable bonds is 8. The summed E-state index contributed by atoms with van der Waals surface area (Å²) in [6, 6.07) is 9.78. The Bertz CT molecular complexity index is 630. The molecule has 2 unspecified atom stereocenters. The van der Waals surface area contributed by atoms with Gasteiger partial charge in [-0.05, 0) is 18.4 Å². The molecule has 0 aromatic heterocycles. The normalized spacial score (nSPS) is 18.1. The fourth-order valence-electron chi connectivity index (χ4n) is 3.17. The van der Waals surface area contributed by atoms with Crippen LogP contribution in [0.25, 0.3) is 0 Å². The molecule has 0 spiro atoms. The summed E-state index contributed by atoms with van der Waals surface area (Å²) in [5.41, 5.74) is 1.06. The van der Waals surface area contributed by atoms with Crippen LogP contribution in [-0.4, -0.2) is 42.3 Å². The van der Waals surface area contributed by atoms with Crippen molar-refractivity contribution >= 4 is 17.7 Å². The molecule has 26 heavy (non-hydrogen) atoms. The van der Waals surface area contributed by atoms with Gasteiger partial charge >= 0.3 is 0 Å². The number of nitrogens with one attached hydrogen (secondary N) is 2. The lowest BCUT2D eigenvalue weighted by molar-refractivity contribution is -0.130. The molecule has 0 radical (unpaired) electrons. The van der Waals surface area contributed by atoms with Crippen LogP contribution in [-0.2, 0) is 14.4 Å². The van der Waals surface area contributed by atoms with Crippen molar-refractivity contribution < 1.29 is 14.4 Å². The van der Waals surface area contributed by atoms with Crippen molar-refractivity contribution in [3.63, 3.8) is 0 Å². The lowest BCUT2D eigenvalue weighted by atomic mass is 10.1. The molecule has 6 heteroatoms. The predicted octanol–water partition coefficient (Wildman–Crippen LogP) is 1.87. The van der Waals surface area contributed by atoms with E-state index in [-0.39, 0.29) is 36.1 Å². The second-order valence-corrected chi connectivity index (χ2v) is 7.27. The summed E-state index contributed by atoms with van der Waals surface area (Å²) in [7, 11) is 0. The van der Waals surface area contributed by atoms with Crippen LogP contribution in [0, 0.1) is 11.8 Å². The van der Waals surface area contributed by atoms with E-state index in [9.17, 15) is 14.4 Å². The van der Waals surface area contributed by atoms with E-state index in [0.717, 1.165) is 5.56 Å². The zero-order chi connectivity index (χ0) is 19.1. The monoisotopic (exact) mass is 359 g/mol. The van der Waals surface area contributed by atoms with Gasteiger partial charge in [0, 0.05) is 32.5 Å². The van der Waals surface area contributed by atoms with Crippen molar-refractivity contribution in [2.45, 2.75) is 39.7 Å². The highest BCUT2D eigenvalue weighted by atomic mass is 16.2. The first-order valence-electron chi connectivity index (χ1n) is 9.27. The van der Waals surface area contributed by atoms with Gasteiger partial charge in [0.1, 0.15) is 0 Å². The molecule has 1 heterocycles. The smallest absolute Gasteiger partial charge is 0.225 e. The van der Waals surface area contributed by atoms with E-state index in [0.29, 0.717) is 32.0 Å². The Kier molecular flexibility index (Phi) is 7.18. The van der Waals surface area contributed by atoms with E-state index in [1.807, 2.05) is 51.1 Å². The van der Waals surface area contributed by atoms with Gasteiger partial charge in [0.2, 0.25) is 17.7 Å². The molecule has 0 saturated carbocycles. The van der Waals surface area contributed by atoms with Gasteiger partial charge in [-0.1, -0.05) is 44.2 Å². The molecule has 1 fully saturated rings. The maximum atomic E-state index is 12.3. The number of carbonyl (C=O) groups is 3. The molecule has 2 rings (SSSR count). The van der Waals surface area contributed by atoms with Gasteiger partial charge in [-0.3, -0.25) is 14.4 Å². The van der Waals surface area contributed by atoms with Crippen LogP contribution < -0.4 is 10.6 Å². The van der Waals surface area contributed by atoms with Gasteiger partial charge in [0.25, 0.3) is 0 Å². The minimum Gasteiger partial charge on any atom is -0.354 e. The molecule has 1 aromatic rings. The second-order valence-electron chi connectivity index (χ2n) is 7.27. The predicted molar refractivity (Wildman–Crippen MR) is 100 cm³/mol. The third kappa shape index (κ3) is 5.58. The second kappa shape index (κ2) is 9.36. The van der Waals surface area contributed by atoms with Crippen molar-refractivity contribution in [1.29, 1.82) is 0 Å². The van der Waals surface area contributed by atoms with E-state index >= 15 is 0 Å². The first kappa shape index (κ1) is 19.9. The quantitative estimate of drug-likeness (QED) is 0.696. The molecule has 6 nitrogen and oxygen atoms in total. The van der Waals surface area contributed by atoms with Gasteiger partial charge in [0.05, 0.1) is 12.0 Å². The minimum absolute atomic E-state index is 0.00624. The number of nitrogens with zero attached hydrogens (tertiary/aromatic N) is 1. The Morgan fingerprint density at radius 3 is 2.42 bits per heavy atom. The summed E-state index contributed by atoms with van der Waals surface area (Å²) < 4.78 is 0. The Morgan fingerprint density at radius 1 is 1.12 bits per heavy atom. The van der Waals surface area contributed by atoms with Gasteiger partial charge in [-0.2, -0.15) is 0 Å². The molecule has 1 saturated heterocycles.